The van der Waals surface area contributed by atoms with Crippen LogP contribution in [-0.2, 0) is 6.54 Å². The molecule has 23 heavy (non-hydrogen) atoms. The summed E-state index contributed by atoms with van der Waals surface area (Å²) in [7, 11) is 0. The zero-order chi connectivity index (χ0) is 15.8. The zero-order valence-electron chi connectivity index (χ0n) is 14.2. The van der Waals surface area contributed by atoms with Gasteiger partial charge in [-0.2, -0.15) is 0 Å². The van der Waals surface area contributed by atoms with E-state index in [0.717, 1.165) is 18.8 Å². The van der Waals surface area contributed by atoms with Crippen molar-refractivity contribution in [2.75, 3.05) is 19.6 Å². The summed E-state index contributed by atoms with van der Waals surface area (Å²) in [6, 6.07) is 8.97. The summed E-state index contributed by atoms with van der Waals surface area (Å²) < 4.78 is 2.49. The maximum Gasteiger partial charge on any atom is 0.0708 e. The van der Waals surface area contributed by atoms with Crippen LogP contribution in [0.5, 0.6) is 0 Å². The number of pyridine rings is 1. The molecule has 3 heterocycles. The first-order valence-corrected chi connectivity index (χ1v) is 8.80. The Hall–Kier alpha value is -1.87. The lowest BCUT2D eigenvalue weighted by atomic mass is 10.1. The smallest absolute Gasteiger partial charge is 0.0708 e. The van der Waals surface area contributed by atoms with E-state index in [0.29, 0.717) is 0 Å². The van der Waals surface area contributed by atoms with E-state index in [1.807, 2.05) is 6.20 Å². The van der Waals surface area contributed by atoms with Crippen molar-refractivity contribution in [3.63, 3.8) is 0 Å². The first kappa shape index (κ1) is 14.7. The highest BCUT2D eigenvalue weighted by Gasteiger charge is 2.15. The molecule has 0 bridgehead atoms. The average Bonchev–Trinajstić information content (AvgIpc) is 2.88. The number of likely N-dealkylation sites (tertiary alicyclic amines) is 1. The highest BCUT2D eigenvalue weighted by Crippen LogP contribution is 2.30. The van der Waals surface area contributed by atoms with Gasteiger partial charge in [0.05, 0.1) is 11.2 Å². The molecule has 3 heteroatoms. The number of benzene rings is 1. The van der Waals surface area contributed by atoms with Gasteiger partial charge in [-0.25, -0.2) is 0 Å². The molecule has 3 nitrogen and oxygen atoms in total. The summed E-state index contributed by atoms with van der Waals surface area (Å²) in [5, 5.41) is 2.70. The minimum atomic E-state index is 1.05. The van der Waals surface area contributed by atoms with Gasteiger partial charge in [0, 0.05) is 35.6 Å². The lowest BCUT2D eigenvalue weighted by Crippen LogP contribution is -2.32. The van der Waals surface area contributed by atoms with E-state index in [1.54, 1.807) is 0 Å². The largest absolute Gasteiger partial charge is 0.338 e. The van der Waals surface area contributed by atoms with E-state index in [4.69, 9.17) is 0 Å². The van der Waals surface area contributed by atoms with Crippen molar-refractivity contribution in [3.8, 4) is 0 Å². The Morgan fingerprint density at radius 1 is 0.957 bits per heavy atom. The predicted octanol–water partition coefficient (Wildman–Crippen LogP) is 4.29. The molecule has 0 amide bonds. The van der Waals surface area contributed by atoms with Crippen LogP contribution in [0, 0.1) is 13.8 Å². The van der Waals surface area contributed by atoms with Gasteiger partial charge in [0.15, 0.2) is 0 Å². The molecule has 0 radical (unpaired) electrons. The SMILES string of the molecule is Cc1ccc2c3ccnc(C)c3n(CCN3CCCCC3)c2c1. The highest BCUT2D eigenvalue weighted by molar-refractivity contribution is 6.08. The number of nitrogens with zero attached hydrogens (tertiary/aromatic N) is 3. The Labute approximate surface area is 137 Å². The molecule has 3 aromatic rings. The molecule has 120 valence electrons. The number of fused-ring (bicyclic) bond motifs is 3. The monoisotopic (exact) mass is 307 g/mol. The maximum absolute atomic E-state index is 4.55. The van der Waals surface area contributed by atoms with Crippen LogP contribution in [0.4, 0.5) is 0 Å². The van der Waals surface area contributed by atoms with Gasteiger partial charge in [0.2, 0.25) is 0 Å². The molecule has 1 aliphatic heterocycles. The predicted molar refractivity (Wildman–Crippen MR) is 97.0 cm³/mol. The first-order chi connectivity index (χ1) is 11.2. The van der Waals surface area contributed by atoms with E-state index in [-0.39, 0.29) is 0 Å². The topological polar surface area (TPSA) is 21.1 Å². The summed E-state index contributed by atoms with van der Waals surface area (Å²) in [5.74, 6) is 0. The highest BCUT2D eigenvalue weighted by atomic mass is 15.2. The van der Waals surface area contributed by atoms with Crippen LogP contribution in [0.2, 0.25) is 0 Å². The Kier molecular flexibility index (Phi) is 3.82. The van der Waals surface area contributed by atoms with E-state index < -0.39 is 0 Å². The van der Waals surface area contributed by atoms with Gasteiger partial charge in [0.1, 0.15) is 0 Å². The van der Waals surface area contributed by atoms with E-state index in [1.165, 1.54) is 59.7 Å². The van der Waals surface area contributed by atoms with Crippen molar-refractivity contribution in [2.45, 2.75) is 39.7 Å². The summed E-state index contributed by atoms with van der Waals surface area (Å²) in [6.45, 7) is 9.01. The molecule has 0 aliphatic carbocycles. The Bertz CT molecular complexity index is 841. The van der Waals surface area contributed by atoms with E-state index in [9.17, 15) is 0 Å². The normalized spacial score (nSPS) is 16.4. The van der Waals surface area contributed by atoms with Crippen molar-refractivity contribution in [1.82, 2.24) is 14.5 Å². The van der Waals surface area contributed by atoms with Gasteiger partial charge in [-0.15, -0.1) is 0 Å². The maximum atomic E-state index is 4.55. The standard InChI is InChI=1S/C20H25N3/c1-15-6-7-17-18-8-9-21-16(2)20(18)23(19(17)14-15)13-12-22-10-4-3-5-11-22/h6-9,14H,3-5,10-13H2,1-2H3. The van der Waals surface area contributed by atoms with Gasteiger partial charge < -0.3 is 9.47 Å². The summed E-state index contributed by atoms with van der Waals surface area (Å²) in [6.07, 6.45) is 6.04. The fourth-order valence-electron chi connectivity index (χ4n) is 3.99. The van der Waals surface area contributed by atoms with Crippen LogP contribution < -0.4 is 0 Å². The van der Waals surface area contributed by atoms with Crippen molar-refractivity contribution in [2.24, 2.45) is 0 Å². The molecule has 0 saturated carbocycles. The second-order valence-electron chi connectivity index (χ2n) is 6.87. The van der Waals surface area contributed by atoms with Gasteiger partial charge in [-0.3, -0.25) is 4.98 Å². The third-order valence-corrected chi connectivity index (χ3v) is 5.20. The minimum Gasteiger partial charge on any atom is -0.338 e. The molecule has 0 N–H and O–H groups in total. The number of piperidine rings is 1. The molecule has 2 aromatic heterocycles. The lowest BCUT2D eigenvalue weighted by Gasteiger charge is -2.26. The van der Waals surface area contributed by atoms with Gasteiger partial charge >= 0.3 is 0 Å². The molecule has 4 rings (SSSR count). The fraction of sp³-hybridized carbons (Fsp3) is 0.450. The van der Waals surface area contributed by atoms with Crippen molar-refractivity contribution in [3.05, 3.63) is 41.7 Å². The van der Waals surface area contributed by atoms with Crippen LogP contribution in [0.1, 0.15) is 30.5 Å². The first-order valence-electron chi connectivity index (χ1n) is 8.80. The number of rotatable bonds is 3. The summed E-state index contributed by atoms with van der Waals surface area (Å²) >= 11 is 0. The molecular weight excluding hydrogens is 282 g/mol. The second kappa shape index (κ2) is 5.97. The Balaban J connectivity index is 1.79. The van der Waals surface area contributed by atoms with Crippen LogP contribution in [0.3, 0.4) is 0 Å². The second-order valence-corrected chi connectivity index (χ2v) is 6.87. The van der Waals surface area contributed by atoms with E-state index in [2.05, 4.69) is 52.6 Å². The van der Waals surface area contributed by atoms with Crippen LogP contribution in [0.25, 0.3) is 21.8 Å². The van der Waals surface area contributed by atoms with E-state index >= 15 is 0 Å². The molecule has 1 saturated heterocycles. The van der Waals surface area contributed by atoms with Crippen molar-refractivity contribution < 1.29 is 0 Å². The van der Waals surface area contributed by atoms with Crippen molar-refractivity contribution in [1.29, 1.82) is 0 Å². The van der Waals surface area contributed by atoms with Crippen LogP contribution in [0.15, 0.2) is 30.5 Å². The molecule has 0 spiro atoms. The third-order valence-electron chi connectivity index (χ3n) is 5.20. The molecule has 1 aromatic carbocycles. The molecule has 1 aliphatic rings. The van der Waals surface area contributed by atoms with Gasteiger partial charge in [0.25, 0.3) is 0 Å². The quantitative estimate of drug-likeness (QED) is 0.719. The third kappa shape index (κ3) is 2.63. The Morgan fingerprint density at radius 2 is 1.78 bits per heavy atom. The van der Waals surface area contributed by atoms with Crippen LogP contribution in [-0.4, -0.2) is 34.1 Å². The molecular formula is C20H25N3. The number of hydrogen-bond donors (Lipinski definition) is 0. The molecule has 0 unspecified atom stereocenters. The Morgan fingerprint density at radius 3 is 2.61 bits per heavy atom. The molecule has 0 atom stereocenters. The number of hydrogen-bond acceptors (Lipinski definition) is 2. The number of aromatic nitrogens is 2. The minimum absolute atomic E-state index is 1.05. The van der Waals surface area contributed by atoms with Crippen molar-refractivity contribution >= 4 is 21.8 Å². The molecule has 1 fully saturated rings. The zero-order valence-corrected chi connectivity index (χ0v) is 14.2. The lowest BCUT2D eigenvalue weighted by molar-refractivity contribution is 0.222. The fourth-order valence-corrected chi connectivity index (χ4v) is 3.99. The van der Waals surface area contributed by atoms with Gasteiger partial charge in [-0.1, -0.05) is 18.6 Å². The summed E-state index contributed by atoms with van der Waals surface area (Å²) in [5.41, 5.74) is 5.12. The average molecular weight is 307 g/mol. The summed E-state index contributed by atoms with van der Waals surface area (Å²) in [4.78, 5) is 7.16. The number of aryl methyl sites for hydroxylation is 2. The van der Waals surface area contributed by atoms with Gasteiger partial charge in [-0.05, 0) is 57.5 Å². The van der Waals surface area contributed by atoms with Crippen LogP contribution >= 0.6 is 0 Å².